The molecule has 104 valence electrons. The van der Waals surface area contributed by atoms with Gasteiger partial charge in [-0.25, -0.2) is 0 Å². The lowest BCUT2D eigenvalue weighted by atomic mass is 10.2. The molecule has 0 spiro atoms. The number of aryl methyl sites for hydroxylation is 1. The second-order valence-corrected chi connectivity index (χ2v) is 4.93. The highest BCUT2D eigenvalue weighted by Gasteiger charge is 2.27. The summed E-state index contributed by atoms with van der Waals surface area (Å²) in [5.74, 6) is -1.09. The summed E-state index contributed by atoms with van der Waals surface area (Å²) in [4.78, 5) is 24.6. The minimum Gasteiger partial charge on any atom is -0.481 e. The first-order valence-electron chi connectivity index (χ1n) is 5.92. The predicted octanol–water partition coefficient (Wildman–Crippen LogP) is 0.994. The highest BCUT2D eigenvalue weighted by atomic mass is 35.5. The Balaban J connectivity index is 2.07. The maximum absolute atomic E-state index is 12.3. The van der Waals surface area contributed by atoms with Crippen LogP contribution in [-0.2, 0) is 16.6 Å². The predicted molar refractivity (Wildman–Crippen MR) is 68.3 cm³/mol. The average Bonchev–Trinajstić information content (AvgIpc) is 2.67. The monoisotopic (exact) mass is 286 g/mol. The van der Waals surface area contributed by atoms with E-state index in [0.717, 1.165) is 0 Å². The molecule has 0 aromatic carbocycles. The highest BCUT2D eigenvalue weighted by Crippen LogP contribution is 2.17. The van der Waals surface area contributed by atoms with Crippen molar-refractivity contribution in [1.82, 2.24) is 9.47 Å². The van der Waals surface area contributed by atoms with E-state index >= 15 is 0 Å². The number of carboxylic acid groups (broad SMARTS) is 1. The van der Waals surface area contributed by atoms with Gasteiger partial charge in [0, 0.05) is 26.3 Å². The molecule has 0 saturated carbocycles. The number of carboxylic acids is 1. The topological polar surface area (TPSA) is 71.8 Å². The summed E-state index contributed by atoms with van der Waals surface area (Å²) in [7, 11) is 1.74. The third-order valence-corrected chi connectivity index (χ3v) is 3.23. The Kier molecular flexibility index (Phi) is 4.11. The molecule has 19 heavy (non-hydrogen) atoms. The van der Waals surface area contributed by atoms with E-state index in [0.29, 0.717) is 23.9 Å². The van der Waals surface area contributed by atoms with E-state index in [1.807, 2.05) is 0 Å². The van der Waals surface area contributed by atoms with Crippen molar-refractivity contribution >= 4 is 23.5 Å². The number of ether oxygens (including phenoxy) is 1. The Morgan fingerprint density at radius 1 is 1.58 bits per heavy atom. The van der Waals surface area contributed by atoms with Gasteiger partial charge in [-0.05, 0) is 6.07 Å². The van der Waals surface area contributed by atoms with Gasteiger partial charge in [0.25, 0.3) is 5.91 Å². The Morgan fingerprint density at radius 3 is 2.89 bits per heavy atom. The van der Waals surface area contributed by atoms with Gasteiger partial charge >= 0.3 is 5.97 Å². The molecule has 0 unspecified atom stereocenters. The summed E-state index contributed by atoms with van der Waals surface area (Å²) in [6.07, 6.45) is 1.10. The van der Waals surface area contributed by atoms with Gasteiger partial charge in [-0.15, -0.1) is 0 Å². The normalized spacial score (nSPS) is 19.5. The molecule has 0 radical (unpaired) electrons. The van der Waals surface area contributed by atoms with E-state index in [1.165, 1.54) is 0 Å². The quantitative estimate of drug-likeness (QED) is 0.899. The van der Waals surface area contributed by atoms with Crippen LogP contribution < -0.4 is 0 Å². The van der Waals surface area contributed by atoms with E-state index in [1.54, 1.807) is 28.8 Å². The first-order valence-corrected chi connectivity index (χ1v) is 6.29. The number of nitrogens with zero attached hydrogens (tertiary/aromatic N) is 2. The highest BCUT2D eigenvalue weighted by molar-refractivity contribution is 6.31. The van der Waals surface area contributed by atoms with Gasteiger partial charge in [-0.3, -0.25) is 9.59 Å². The van der Waals surface area contributed by atoms with Crippen molar-refractivity contribution in [3.05, 3.63) is 23.0 Å². The number of aromatic nitrogens is 1. The molecule has 2 heterocycles. The number of carbonyl (C=O) groups excluding carboxylic acids is 1. The van der Waals surface area contributed by atoms with E-state index in [2.05, 4.69) is 0 Å². The van der Waals surface area contributed by atoms with Crippen molar-refractivity contribution < 1.29 is 19.4 Å². The van der Waals surface area contributed by atoms with Crippen LogP contribution in [-0.4, -0.2) is 52.3 Å². The van der Waals surface area contributed by atoms with Gasteiger partial charge < -0.3 is 19.3 Å². The summed E-state index contributed by atoms with van der Waals surface area (Å²) in [5.41, 5.74) is 0.487. The standard InChI is InChI=1S/C12H15ClN2O4/c1-14-6-8(13)4-10(14)12(18)15-2-3-19-9(7-15)5-11(16)17/h4,6,9H,2-3,5,7H2,1H3,(H,16,17)/t9-/m1/s1. The van der Waals surface area contributed by atoms with Crippen molar-refractivity contribution in [2.45, 2.75) is 12.5 Å². The van der Waals surface area contributed by atoms with Gasteiger partial charge in [-0.2, -0.15) is 0 Å². The van der Waals surface area contributed by atoms with Crippen LogP contribution in [0.15, 0.2) is 12.3 Å². The molecule has 1 N–H and O–H groups in total. The summed E-state index contributed by atoms with van der Waals surface area (Å²) in [6.45, 7) is 1.09. The van der Waals surface area contributed by atoms with E-state index in [-0.39, 0.29) is 18.9 Å². The van der Waals surface area contributed by atoms with Crippen LogP contribution >= 0.6 is 11.6 Å². The second kappa shape index (κ2) is 5.63. The van der Waals surface area contributed by atoms with Crippen molar-refractivity contribution in [3.63, 3.8) is 0 Å². The van der Waals surface area contributed by atoms with E-state index in [4.69, 9.17) is 21.4 Å². The zero-order valence-corrected chi connectivity index (χ0v) is 11.3. The minimum atomic E-state index is -0.929. The molecule has 6 nitrogen and oxygen atoms in total. The number of morpholine rings is 1. The molecule has 1 fully saturated rings. The van der Waals surface area contributed by atoms with Crippen molar-refractivity contribution in [1.29, 1.82) is 0 Å². The summed E-state index contributed by atoms with van der Waals surface area (Å²) < 4.78 is 6.99. The lowest BCUT2D eigenvalue weighted by Gasteiger charge is -2.32. The van der Waals surface area contributed by atoms with Gasteiger partial charge in [0.2, 0.25) is 0 Å². The lowest BCUT2D eigenvalue weighted by molar-refractivity contribution is -0.141. The van der Waals surface area contributed by atoms with Crippen LogP contribution in [0.5, 0.6) is 0 Å². The molecule has 1 atom stereocenters. The van der Waals surface area contributed by atoms with Crippen LogP contribution in [0.2, 0.25) is 5.02 Å². The van der Waals surface area contributed by atoms with Crippen molar-refractivity contribution in [3.8, 4) is 0 Å². The largest absolute Gasteiger partial charge is 0.481 e. The fourth-order valence-corrected chi connectivity index (χ4v) is 2.37. The van der Waals surface area contributed by atoms with Crippen LogP contribution in [0.3, 0.4) is 0 Å². The van der Waals surface area contributed by atoms with Crippen molar-refractivity contribution in [2.75, 3.05) is 19.7 Å². The second-order valence-electron chi connectivity index (χ2n) is 4.50. The van der Waals surface area contributed by atoms with E-state index in [9.17, 15) is 9.59 Å². The molecule has 1 amide bonds. The first-order chi connectivity index (χ1) is 8.97. The number of carbonyl (C=O) groups is 2. The van der Waals surface area contributed by atoms with Crippen LogP contribution in [0, 0.1) is 0 Å². The smallest absolute Gasteiger partial charge is 0.306 e. The SMILES string of the molecule is Cn1cc(Cl)cc1C(=O)N1CCO[C@H](CC(=O)O)C1. The molecule has 1 saturated heterocycles. The summed E-state index contributed by atoms with van der Waals surface area (Å²) in [5, 5.41) is 9.25. The molecule has 1 aromatic heterocycles. The Morgan fingerprint density at radius 2 is 2.32 bits per heavy atom. The van der Waals surface area contributed by atoms with Crippen LogP contribution in [0.25, 0.3) is 0 Å². The van der Waals surface area contributed by atoms with Gasteiger partial charge in [0.05, 0.1) is 24.2 Å². The third kappa shape index (κ3) is 3.27. The van der Waals surface area contributed by atoms with E-state index < -0.39 is 12.1 Å². The Labute approximate surface area is 115 Å². The molecule has 7 heteroatoms. The number of amides is 1. The zero-order chi connectivity index (χ0) is 14.0. The molecular formula is C12H15ClN2O4. The number of hydrogen-bond donors (Lipinski definition) is 1. The molecule has 0 bridgehead atoms. The Bertz CT molecular complexity index is 500. The zero-order valence-electron chi connectivity index (χ0n) is 10.5. The molecular weight excluding hydrogens is 272 g/mol. The van der Waals surface area contributed by atoms with Crippen LogP contribution in [0.4, 0.5) is 0 Å². The molecule has 1 aliphatic rings. The maximum Gasteiger partial charge on any atom is 0.306 e. The van der Waals surface area contributed by atoms with Gasteiger partial charge in [-0.1, -0.05) is 11.6 Å². The number of aliphatic carboxylic acids is 1. The minimum absolute atomic E-state index is 0.0995. The number of rotatable bonds is 3. The van der Waals surface area contributed by atoms with Crippen LogP contribution in [0.1, 0.15) is 16.9 Å². The summed E-state index contributed by atoms with van der Waals surface area (Å²) in [6, 6.07) is 1.60. The summed E-state index contributed by atoms with van der Waals surface area (Å²) >= 11 is 5.85. The Hall–Kier alpha value is -1.53. The van der Waals surface area contributed by atoms with Gasteiger partial charge in [0.1, 0.15) is 5.69 Å². The molecule has 1 aromatic rings. The third-order valence-electron chi connectivity index (χ3n) is 3.02. The lowest BCUT2D eigenvalue weighted by Crippen LogP contribution is -2.46. The number of halogens is 1. The molecule has 2 rings (SSSR count). The van der Waals surface area contributed by atoms with Gasteiger partial charge in [0.15, 0.2) is 0 Å². The van der Waals surface area contributed by atoms with Crippen molar-refractivity contribution in [2.24, 2.45) is 7.05 Å². The number of hydrogen-bond acceptors (Lipinski definition) is 3. The fourth-order valence-electron chi connectivity index (χ4n) is 2.12. The average molecular weight is 287 g/mol. The molecule has 1 aliphatic heterocycles. The molecule has 0 aliphatic carbocycles. The fraction of sp³-hybridized carbons (Fsp3) is 0.500. The first kappa shape index (κ1) is 13.9. The maximum atomic E-state index is 12.3.